The van der Waals surface area contributed by atoms with Gasteiger partial charge in [0.1, 0.15) is 10.8 Å². The molecule has 1 atom stereocenters. The van der Waals surface area contributed by atoms with Crippen molar-refractivity contribution in [1.82, 2.24) is 0 Å². The molecule has 0 radical (unpaired) electrons. The highest BCUT2D eigenvalue weighted by Crippen LogP contribution is 2.45. The van der Waals surface area contributed by atoms with Gasteiger partial charge in [-0.15, -0.1) is 11.3 Å². The zero-order valence-corrected chi connectivity index (χ0v) is 24.3. The van der Waals surface area contributed by atoms with E-state index in [2.05, 4.69) is 39.1 Å². The first kappa shape index (κ1) is 27.7. The molecule has 3 aromatic rings. The predicted octanol–water partition coefficient (Wildman–Crippen LogP) is 7.49. The third-order valence-corrected chi connectivity index (χ3v) is 8.56. The summed E-state index contributed by atoms with van der Waals surface area (Å²) in [5.74, 6) is 2.24. The lowest BCUT2D eigenvalue weighted by atomic mass is 9.72. The number of amides is 1. The number of carbonyl (C=O) groups excluding carboxylic acids is 1. The van der Waals surface area contributed by atoms with Crippen molar-refractivity contribution in [3.05, 3.63) is 63.5 Å². The van der Waals surface area contributed by atoms with Gasteiger partial charge >= 0.3 is 0 Å². The van der Waals surface area contributed by atoms with Crippen LogP contribution in [0.4, 0.5) is 10.7 Å². The lowest BCUT2D eigenvalue weighted by Gasteiger charge is -2.33. The number of thiophene rings is 1. The summed E-state index contributed by atoms with van der Waals surface area (Å²) in [4.78, 5) is 19.9. The molecule has 1 heterocycles. The monoisotopic (exact) mass is 534 g/mol. The van der Waals surface area contributed by atoms with Crippen LogP contribution in [0.15, 0.2) is 41.4 Å². The number of rotatable bonds is 8. The van der Waals surface area contributed by atoms with Crippen molar-refractivity contribution in [3.8, 4) is 17.2 Å². The van der Waals surface area contributed by atoms with Crippen molar-refractivity contribution < 1.29 is 19.0 Å². The molecule has 1 N–H and O–H groups in total. The fraction of sp³-hybridized carbons (Fsp3) is 0.419. The summed E-state index contributed by atoms with van der Waals surface area (Å²) in [6.07, 6.45) is 5.49. The van der Waals surface area contributed by atoms with Gasteiger partial charge in [0.15, 0.2) is 11.5 Å². The molecule has 7 heteroatoms. The van der Waals surface area contributed by atoms with E-state index < -0.39 is 0 Å². The number of anilines is 1. The number of nitrogens with zero attached hydrogens (tertiary/aromatic N) is 1. The molecule has 38 heavy (non-hydrogen) atoms. The summed E-state index contributed by atoms with van der Waals surface area (Å²) in [5.41, 5.74) is 4.72. The van der Waals surface area contributed by atoms with Crippen LogP contribution in [-0.2, 0) is 19.3 Å². The van der Waals surface area contributed by atoms with Gasteiger partial charge in [-0.05, 0) is 60.3 Å². The van der Waals surface area contributed by atoms with E-state index in [0.717, 1.165) is 48.1 Å². The van der Waals surface area contributed by atoms with Crippen LogP contribution < -0.4 is 19.5 Å². The number of carbonyl (C=O) groups is 1. The maximum Gasteiger partial charge on any atom is 0.259 e. The average Bonchev–Trinajstić information content (AvgIpc) is 3.28. The van der Waals surface area contributed by atoms with Gasteiger partial charge in [-0.1, -0.05) is 45.9 Å². The molecule has 0 fully saturated rings. The maximum atomic E-state index is 13.8. The number of hydrogen-bond donors (Lipinski definition) is 1. The molecule has 4 rings (SSSR count). The molecule has 0 bridgehead atoms. The van der Waals surface area contributed by atoms with Crippen LogP contribution >= 0.6 is 11.3 Å². The van der Waals surface area contributed by atoms with Crippen LogP contribution in [0.3, 0.4) is 0 Å². The molecule has 1 aliphatic rings. The fourth-order valence-corrected chi connectivity index (χ4v) is 6.32. The third-order valence-electron chi connectivity index (χ3n) is 7.40. The van der Waals surface area contributed by atoms with Crippen molar-refractivity contribution >= 4 is 34.1 Å². The Morgan fingerprint density at radius 3 is 2.42 bits per heavy atom. The fourth-order valence-electron chi connectivity index (χ4n) is 5.05. The molecule has 1 amide bonds. The van der Waals surface area contributed by atoms with E-state index in [9.17, 15) is 4.79 Å². The normalized spacial score (nSPS) is 15.3. The number of benzene rings is 2. The molecule has 0 aliphatic heterocycles. The van der Waals surface area contributed by atoms with Crippen LogP contribution in [0, 0.1) is 11.3 Å². The molecular weight excluding hydrogens is 496 g/mol. The minimum Gasteiger partial charge on any atom is -0.496 e. The van der Waals surface area contributed by atoms with Crippen LogP contribution in [0.2, 0.25) is 0 Å². The van der Waals surface area contributed by atoms with Gasteiger partial charge < -0.3 is 19.5 Å². The largest absolute Gasteiger partial charge is 0.496 e. The molecule has 2 aromatic carbocycles. The highest BCUT2D eigenvalue weighted by Gasteiger charge is 2.33. The number of aliphatic imine (C=N–C) groups is 1. The Hall–Kier alpha value is -3.32. The first-order valence-electron chi connectivity index (χ1n) is 13.1. The van der Waals surface area contributed by atoms with Gasteiger partial charge in [0.25, 0.3) is 5.91 Å². The standard InChI is InChI=1S/C31H38N2O4S/c1-8-19-11-9-10-12-23(19)33-29(34)28-22-14-13-21(31(2,3)4)16-27(22)38-30(28)32-18-20-15-25(36-6)26(37-7)17-24(20)35-5/h9-12,15,17-18,21H,8,13-14,16H2,1-7H3,(H,33,34)/t21-/m1/s1. The minimum atomic E-state index is -0.107. The maximum absolute atomic E-state index is 13.8. The van der Waals surface area contributed by atoms with Gasteiger partial charge in [-0.2, -0.15) is 0 Å². The second kappa shape index (κ2) is 11.6. The van der Waals surface area contributed by atoms with Crippen molar-refractivity contribution in [3.63, 3.8) is 0 Å². The van der Waals surface area contributed by atoms with Crippen molar-refractivity contribution in [2.24, 2.45) is 16.3 Å². The van der Waals surface area contributed by atoms with E-state index in [-0.39, 0.29) is 11.3 Å². The molecule has 1 aliphatic carbocycles. The van der Waals surface area contributed by atoms with Crippen LogP contribution in [-0.4, -0.2) is 33.5 Å². The van der Waals surface area contributed by atoms with E-state index in [4.69, 9.17) is 19.2 Å². The van der Waals surface area contributed by atoms with E-state index in [1.165, 1.54) is 4.88 Å². The number of nitrogens with one attached hydrogen (secondary N) is 1. The Morgan fingerprint density at radius 1 is 1.08 bits per heavy atom. The second-order valence-corrected chi connectivity index (χ2v) is 11.7. The molecular formula is C31H38N2O4S. The van der Waals surface area contributed by atoms with Gasteiger partial charge in [-0.25, -0.2) is 4.99 Å². The summed E-state index contributed by atoms with van der Waals surface area (Å²) < 4.78 is 16.5. The molecule has 0 saturated heterocycles. The lowest BCUT2D eigenvalue weighted by molar-refractivity contribution is 0.102. The number of hydrogen-bond acceptors (Lipinski definition) is 6. The number of aryl methyl sites for hydroxylation is 1. The first-order valence-corrected chi connectivity index (χ1v) is 13.9. The number of methoxy groups -OCH3 is 3. The molecule has 202 valence electrons. The highest BCUT2D eigenvalue weighted by atomic mass is 32.1. The lowest BCUT2D eigenvalue weighted by Crippen LogP contribution is -2.27. The Morgan fingerprint density at radius 2 is 1.76 bits per heavy atom. The summed E-state index contributed by atoms with van der Waals surface area (Å²) in [5, 5.41) is 3.90. The third kappa shape index (κ3) is 5.73. The molecule has 1 aromatic heterocycles. The van der Waals surface area contributed by atoms with Crippen LogP contribution in [0.1, 0.15) is 66.0 Å². The van der Waals surface area contributed by atoms with Gasteiger partial charge in [0.05, 0.1) is 26.9 Å². The van der Waals surface area contributed by atoms with Gasteiger partial charge in [-0.3, -0.25) is 4.79 Å². The average molecular weight is 535 g/mol. The van der Waals surface area contributed by atoms with Gasteiger partial charge in [0.2, 0.25) is 0 Å². The smallest absolute Gasteiger partial charge is 0.259 e. The quantitative estimate of drug-likeness (QED) is 0.304. The molecule has 6 nitrogen and oxygen atoms in total. The van der Waals surface area contributed by atoms with Crippen molar-refractivity contribution in [2.75, 3.05) is 26.6 Å². The van der Waals surface area contributed by atoms with E-state index >= 15 is 0 Å². The van der Waals surface area contributed by atoms with Crippen LogP contribution in [0.5, 0.6) is 17.2 Å². The zero-order chi connectivity index (χ0) is 27.4. The van der Waals surface area contributed by atoms with E-state index in [1.54, 1.807) is 44.9 Å². The topological polar surface area (TPSA) is 69.2 Å². The summed E-state index contributed by atoms with van der Waals surface area (Å²) in [7, 11) is 4.80. The Balaban J connectivity index is 1.77. The molecule has 0 unspecified atom stereocenters. The van der Waals surface area contributed by atoms with Crippen molar-refractivity contribution in [1.29, 1.82) is 0 Å². The summed E-state index contributed by atoms with van der Waals surface area (Å²) >= 11 is 1.63. The first-order chi connectivity index (χ1) is 18.2. The molecule has 0 saturated carbocycles. The Bertz CT molecular complexity index is 1340. The minimum absolute atomic E-state index is 0.107. The van der Waals surface area contributed by atoms with Crippen LogP contribution in [0.25, 0.3) is 0 Å². The van der Waals surface area contributed by atoms with Crippen molar-refractivity contribution in [2.45, 2.75) is 53.4 Å². The highest BCUT2D eigenvalue weighted by molar-refractivity contribution is 7.16. The Kier molecular flexibility index (Phi) is 8.46. The SMILES string of the molecule is CCc1ccccc1NC(=O)c1c(N=Cc2cc(OC)c(OC)cc2OC)sc2c1CC[C@@H](C(C)(C)C)C2. The van der Waals surface area contributed by atoms with E-state index in [0.29, 0.717) is 33.7 Å². The number of ether oxygens (including phenoxy) is 3. The number of fused-ring (bicyclic) bond motifs is 1. The predicted molar refractivity (Wildman–Crippen MR) is 156 cm³/mol. The Labute approximate surface area is 230 Å². The molecule has 0 spiro atoms. The number of para-hydroxylation sites is 1. The zero-order valence-electron chi connectivity index (χ0n) is 23.4. The van der Waals surface area contributed by atoms with Gasteiger partial charge in [0, 0.05) is 28.4 Å². The summed E-state index contributed by atoms with van der Waals surface area (Å²) in [6.45, 7) is 8.99. The van der Waals surface area contributed by atoms with E-state index in [1.807, 2.05) is 24.3 Å². The summed E-state index contributed by atoms with van der Waals surface area (Å²) in [6, 6.07) is 11.6. The second-order valence-electron chi connectivity index (χ2n) is 10.7.